The summed E-state index contributed by atoms with van der Waals surface area (Å²) in [6.07, 6.45) is 15.8. The van der Waals surface area contributed by atoms with E-state index in [9.17, 15) is 0 Å². The van der Waals surface area contributed by atoms with Gasteiger partial charge in [-0.1, -0.05) is 134 Å². The molecule has 1 aromatic heterocycles. The molecule has 280 valence electrons. The van der Waals surface area contributed by atoms with Gasteiger partial charge in [0.1, 0.15) is 5.82 Å². The highest BCUT2D eigenvalue weighted by Crippen LogP contribution is 2.63. The number of allylic oxidation sites excluding steroid dienone is 10. The molecule has 4 nitrogen and oxygen atoms in total. The van der Waals surface area contributed by atoms with Gasteiger partial charge in [0.25, 0.3) is 0 Å². The van der Waals surface area contributed by atoms with Crippen molar-refractivity contribution < 1.29 is 9.31 Å². The van der Waals surface area contributed by atoms with E-state index in [1.54, 1.807) is 0 Å². The van der Waals surface area contributed by atoms with Crippen LogP contribution in [0.15, 0.2) is 174 Å². The second-order valence-electron chi connectivity index (χ2n) is 16.8. The number of hydrogen-bond acceptors (Lipinski definition) is 3. The first-order valence-electron chi connectivity index (χ1n) is 20.4. The summed E-state index contributed by atoms with van der Waals surface area (Å²) in [5.41, 5.74) is 16.7. The first kappa shape index (κ1) is 35.7. The number of imidazole rings is 1. The van der Waals surface area contributed by atoms with Crippen LogP contribution in [-0.4, -0.2) is 27.9 Å². The molecule has 5 heteroatoms. The second kappa shape index (κ2) is 13.2. The predicted octanol–water partition coefficient (Wildman–Crippen LogP) is 12.0. The number of aromatic nitrogens is 2. The van der Waals surface area contributed by atoms with Crippen molar-refractivity contribution in [3.63, 3.8) is 0 Å². The van der Waals surface area contributed by atoms with Crippen molar-refractivity contribution in [2.24, 2.45) is 0 Å². The van der Waals surface area contributed by atoms with Crippen molar-refractivity contribution in [1.29, 1.82) is 0 Å². The van der Waals surface area contributed by atoms with Crippen molar-refractivity contribution >= 4 is 23.6 Å². The van der Waals surface area contributed by atoms with Gasteiger partial charge in [-0.15, -0.1) is 0 Å². The zero-order valence-electron chi connectivity index (χ0n) is 33.6. The Morgan fingerprint density at radius 2 is 1.46 bits per heavy atom. The van der Waals surface area contributed by atoms with Gasteiger partial charge in [-0.25, -0.2) is 4.98 Å². The fraction of sp³-hybridized carbons (Fsp3) is 0.212. The van der Waals surface area contributed by atoms with Gasteiger partial charge in [0.15, 0.2) is 0 Å². The van der Waals surface area contributed by atoms with E-state index in [0.29, 0.717) is 0 Å². The van der Waals surface area contributed by atoms with E-state index >= 15 is 0 Å². The van der Waals surface area contributed by atoms with E-state index in [4.69, 9.17) is 14.3 Å². The van der Waals surface area contributed by atoms with E-state index in [2.05, 4.69) is 198 Å². The minimum absolute atomic E-state index is 0.437. The Morgan fingerprint density at radius 3 is 2.25 bits per heavy atom. The van der Waals surface area contributed by atoms with Crippen LogP contribution in [0.4, 0.5) is 0 Å². The summed E-state index contributed by atoms with van der Waals surface area (Å²) < 4.78 is 15.7. The molecule has 1 fully saturated rings. The molecule has 3 aliphatic carbocycles. The zero-order chi connectivity index (χ0) is 39.1. The van der Waals surface area contributed by atoms with E-state index in [-0.39, 0.29) is 0 Å². The van der Waals surface area contributed by atoms with Crippen LogP contribution < -0.4 is 5.46 Å². The predicted molar refractivity (Wildman–Crippen MR) is 236 cm³/mol. The number of benzene rings is 5. The summed E-state index contributed by atoms with van der Waals surface area (Å²) in [6.45, 7) is 13.1. The zero-order valence-corrected chi connectivity index (χ0v) is 33.6. The lowest BCUT2D eigenvalue weighted by atomic mass is 9.67. The van der Waals surface area contributed by atoms with Crippen LogP contribution in [0.3, 0.4) is 0 Å². The maximum atomic E-state index is 6.67. The summed E-state index contributed by atoms with van der Waals surface area (Å²) in [6, 6.07) is 41.9. The molecule has 1 aliphatic heterocycles. The van der Waals surface area contributed by atoms with Crippen LogP contribution in [0.1, 0.15) is 65.5 Å². The highest BCUT2D eigenvalue weighted by atomic mass is 16.7. The molecule has 1 spiro atoms. The first-order chi connectivity index (χ1) is 27.6. The first-order valence-corrected chi connectivity index (χ1v) is 20.4. The number of fused-ring (bicyclic) bond motifs is 8. The van der Waals surface area contributed by atoms with Crippen LogP contribution in [0.5, 0.6) is 0 Å². The van der Waals surface area contributed by atoms with Crippen LogP contribution in [0.2, 0.25) is 0 Å². The molecule has 0 bridgehead atoms. The van der Waals surface area contributed by atoms with Crippen molar-refractivity contribution in [2.45, 2.75) is 71.0 Å². The van der Waals surface area contributed by atoms with Gasteiger partial charge in [0.2, 0.25) is 0 Å². The maximum Gasteiger partial charge on any atom is 0.494 e. The number of nitrogens with zero attached hydrogens (tertiary/aromatic N) is 2. The smallest absolute Gasteiger partial charge is 0.399 e. The highest BCUT2D eigenvalue weighted by Gasteiger charge is 2.55. The summed E-state index contributed by atoms with van der Waals surface area (Å²) in [5.74, 6) is 0.928. The normalized spacial score (nSPS) is 20.3. The highest BCUT2D eigenvalue weighted by molar-refractivity contribution is 6.62. The van der Waals surface area contributed by atoms with E-state index in [1.807, 2.05) is 0 Å². The fourth-order valence-corrected chi connectivity index (χ4v) is 9.57. The molecular formula is C52H47BN2O2. The lowest BCUT2D eigenvalue weighted by Crippen LogP contribution is -2.41. The van der Waals surface area contributed by atoms with Crippen molar-refractivity contribution in [3.05, 3.63) is 185 Å². The number of para-hydroxylation sites is 3. The van der Waals surface area contributed by atoms with Crippen LogP contribution in [-0.2, 0) is 14.7 Å². The lowest BCUT2D eigenvalue weighted by Gasteiger charge is -2.32. The molecule has 0 N–H and O–H groups in total. The molecule has 6 aromatic rings. The Hall–Kier alpha value is -5.75. The van der Waals surface area contributed by atoms with Gasteiger partial charge in [-0.2, -0.15) is 0 Å². The van der Waals surface area contributed by atoms with Crippen molar-refractivity contribution in [1.82, 2.24) is 9.55 Å². The maximum absolute atomic E-state index is 6.67. The molecule has 10 rings (SSSR count). The topological polar surface area (TPSA) is 36.3 Å². The average molecular weight is 743 g/mol. The third kappa shape index (κ3) is 5.25. The van der Waals surface area contributed by atoms with E-state index in [0.717, 1.165) is 52.0 Å². The van der Waals surface area contributed by atoms with Crippen LogP contribution in [0.25, 0.3) is 50.4 Å². The summed E-state index contributed by atoms with van der Waals surface area (Å²) in [5, 5.41) is 0. The van der Waals surface area contributed by atoms with E-state index < -0.39 is 23.7 Å². The van der Waals surface area contributed by atoms with Crippen molar-refractivity contribution in [2.75, 3.05) is 0 Å². The van der Waals surface area contributed by atoms with Gasteiger partial charge in [0, 0.05) is 11.1 Å². The fourth-order valence-electron chi connectivity index (χ4n) is 9.57. The molecule has 4 aliphatic rings. The lowest BCUT2D eigenvalue weighted by molar-refractivity contribution is 0.00578. The molecular weight excluding hydrogens is 695 g/mol. The van der Waals surface area contributed by atoms with E-state index in [1.165, 1.54) is 50.1 Å². The second-order valence-corrected chi connectivity index (χ2v) is 16.8. The SMILES string of the molecule is CC/C=C\C1=C(C)C2(C3=CCC=CC=C31)c1cc(B3OC(C)(C)C(C)(C)O3)ccc1-c1ccc(-c3ccccc3-n3c(-c4ccccc4)nc4ccccc43)cc12. The molecule has 57 heavy (non-hydrogen) atoms. The minimum atomic E-state index is -0.503. The number of rotatable bonds is 6. The minimum Gasteiger partial charge on any atom is -0.399 e. The van der Waals surface area contributed by atoms with Crippen LogP contribution >= 0.6 is 0 Å². The average Bonchev–Trinajstić information content (AvgIpc) is 3.81. The third-order valence-electron chi connectivity index (χ3n) is 13.1. The Morgan fingerprint density at radius 1 is 0.754 bits per heavy atom. The van der Waals surface area contributed by atoms with Gasteiger partial charge in [0.05, 0.1) is 33.3 Å². The summed E-state index contributed by atoms with van der Waals surface area (Å²) in [7, 11) is -0.461. The summed E-state index contributed by atoms with van der Waals surface area (Å²) in [4.78, 5) is 5.20. The molecule has 1 unspecified atom stereocenters. The molecule has 0 amide bonds. The van der Waals surface area contributed by atoms with Gasteiger partial charge in [-0.3, -0.25) is 4.57 Å². The Balaban J connectivity index is 1.22. The molecule has 0 saturated carbocycles. The Labute approximate surface area is 336 Å². The molecule has 1 atom stereocenters. The van der Waals surface area contributed by atoms with Gasteiger partial charge >= 0.3 is 7.12 Å². The monoisotopic (exact) mass is 742 g/mol. The molecule has 2 heterocycles. The van der Waals surface area contributed by atoms with Gasteiger partial charge in [-0.05, 0) is 127 Å². The standard InChI is InChI=1S/C52H47BN2O2/c1-7-8-21-38-34(2)52(43-24-14-10-13-23-40(38)43)44-32-36(28-30-41(44)42-31-29-37(33-45(42)52)53-56-50(3,4)51(5,6)57-53)39-22-15-17-26-47(39)55-48-27-18-16-25-46(48)54-49(55)35-19-11-9-12-20-35/h8-13,15-33H,7,14H2,1-6H3/b21-8-. The molecule has 5 aromatic carbocycles. The Kier molecular flexibility index (Phi) is 8.23. The summed E-state index contributed by atoms with van der Waals surface area (Å²) >= 11 is 0. The number of hydrogen-bond donors (Lipinski definition) is 0. The Bertz CT molecular complexity index is 2760. The van der Waals surface area contributed by atoms with Crippen LogP contribution in [0, 0.1) is 0 Å². The molecule has 1 saturated heterocycles. The van der Waals surface area contributed by atoms with Gasteiger partial charge < -0.3 is 9.31 Å². The third-order valence-corrected chi connectivity index (χ3v) is 13.1. The quantitative estimate of drug-likeness (QED) is 0.159. The largest absolute Gasteiger partial charge is 0.494 e. The van der Waals surface area contributed by atoms with Crippen molar-refractivity contribution in [3.8, 4) is 39.3 Å². The molecule has 0 radical (unpaired) electrons.